The number of halogens is 1. The summed E-state index contributed by atoms with van der Waals surface area (Å²) in [6.45, 7) is 4.74. The smallest absolute Gasteiger partial charge is 0.224 e. The highest BCUT2D eigenvalue weighted by molar-refractivity contribution is 7.15. The molecule has 0 aliphatic carbocycles. The third-order valence-corrected chi connectivity index (χ3v) is 4.01. The van der Waals surface area contributed by atoms with Crippen LogP contribution in [0, 0.1) is 0 Å². The third-order valence-electron chi connectivity index (χ3n) is 3.20. The van der Waals surface area contributed by atoms with Gasteiger partial charge in [0, 0.05) is 50.9 Å². The van der Waals surface area contributed by atoms with Gasteiger partial charge in [-0.05, 0) is 0 Å². The lowest BCUT2D eigenvalue weighted by Crippen LogP contribution is -2.48. The van der Waals surface area contributed by atoms with Crippen molar-refractivity contribution in [3.63, 3.8) is 0 Å². The van der Waals surface area contributed by atoms with E-state index >= 15 is 0 Å². The van der Waals surface area contributed by atoms with E-state index in [2.05, 4.69) is 9.88 Å². The molecule has 0 radical (unpaired) electrons. The lowest BCUT2D eigenvalue weighted by atomic mass is 10.2. The molecule has 6 nitrogen and oxygen atoms in total. The highest BCUT2D eigenvalue weighted by atomic mass is 35.5. The molecule has 0 unspecified atom stereocenters. The molecule has 0 bridgehead atoms. The van der Waals surface area contributed by atoms with E-state index in [0.717, 1.165) is 32.7 Å². The first-order valence-electron chi connectivity index (χ1n) is 6.38. The van der Waals surface area contributed by atoms with Crippen molar-refractivity contribution in [1.29, 1.82) is 0 Å². The summed E-state index contributed by atoms with van der Waals surface area (Å²) < 4.78 is 4.93. The molecule has 1 aromatic heterocycles. The molecule has 20 heavy (non-hydrogen) atoms. The zero-order chi connectivity index (χ0) is 13.7. The maximum absolute atomic E-state index is 11.8. The first-order chi connectivity index (χ1) is 9.19. The van der Waals surface area contributed by atoms with E-state index in [-0.39, 0.29) is 18.3 Å². The maximum atomic E-state index is 11.8. The van der Waals surface area contributed by atoms with Gasteiger partial charge in [0.05, 0.1) is 13.0 Å². The number of hydrogen-bond donors (Lipinski definition) is 1. The van der Waals surface area contributed by atoms with E-state index in [1.54, 1.807) is 7.11 Å². The molecule has 0 spiro atoms. The predicted octanol–water partition coefficient (Wildman–Crippen LogP) is 0.828. The van der Waals surface area contributed by atoms with Gasteiger partial charge in [0.1, 0.15) is 0 Å². The minimum absolute atomic E-state index is 0. The summed E-state index contributed by atoms with van der Waals surface area (Å²) in [6.07, 6.45) is 2.30. The Hall–Kier alpha value is -0.890. The summed E-state index contributed by atoms with van der Waals surface area (Å²) >= 11 is 1.53. The fraction of sp³-hybridized carbons (Fsp3) is 0.667. The van der Waals surface area contributed by atoms with Gasteiger partial charge in [-0.3, -0.25) is 9.69 Å². The number of rotatable bonds is 5. The molecule has 1 aliphatic rings. The fourth-order valence-electron chi connectivity index (χ4n) is 2.12. The summed E-state index contributed by atoms with van der Waals surface area (Å²) in [5.74, 6) is 0.184. The largest absolute Gasteiger partial charge is 0.384 e. The number of ether oxygens (including phenoxy) is 1. The highest BCUT2D eigenvalue weighted by Crippen LogP contribution is 2.17. The molecule has 1 aliphatic heterocycles. The molecular formula is C12H21ClN4O2S. The molecule has 0 atom stereocenters. The maximum Gasteiger partial charge on any atom is 0.224 e. The van der Waals surface area contributed by atoms with Crippen molar-refractivity contribution in [2.45, 2.75) is 13.0 Å². The Kier molecular flexibility index (Phi) is 7.22. The third kappa shape index (κ3) is 4.90. The van der Waals surface area contributed by atoms with E-state index in [0.29, 0.717) is 18.2 Å². The summed E-state index contributed by atoms with van der Waals surface area (Å²) in [7, 11) is 1.62. The van der Waals surface area contributed by atoms with Crippen molar-refractivity contribution in [1.82, 2.24) is 14.8 Å². The molecule has 0 aromatic carbocycles. The van der Waals surface area contributed by atoms with Crippen LogP contribution in [0.25, 0.3) is 0 Å². The number of anilines is 1. The van der Waals surface area contributed by atoms with E-state index in [1.807, 2.05) is 11.1 Å². The van der Waals surface area contributed by atoms with Gasteiger partial charge in [-0.15, -0.1) is 23.7 Å². The van der Waals surface area contributed by atoms with E-state index in [4.69, 9.17) is 10.5 Å². The molecule has 2 heterocycles. The fourth-order valence-corrected chi connectivity index (χ4v) is 2.85. The van der Waals surface area contributed by atoms with Crippen LogP contribution in [-0.2, 0) is 16.1 Å². The number of carbonyl (C=O) groups is 1. The van der Waals surface area contributed by atoms with Gasteiger partial charge in [-0.1, -0.05) is 0 Å². The molecule has 1 fully saturated rings. The normalized spacial score (nSPS) is 15.9. The van der Waals surface area contributed by atoms with Crippen LogP contribution in [0.15, 0.2) is 6.20 Å². The van der Waals surface area contributed by atoms with Crippen molar-refractivity contribution in [3.8, 4) is 0 Å². The Bertz CT molecular complexity index is 421. The minimum atomic E-state index is 0. The van der Waals surface area contributed by atoms with Crippen molar-refractivity contribution in [3.05, 3.63) is 11.1 Å². The monoisotopic (exact) mass is 320 g/mol. The zero-order valence-corrected chi connectivity index (χ0v) is 13.2. The standard InChI is InChI=1S/C12H20N4O2S.ClH/c1-18-7-2-11(17)16-5-3-15(4-6-16)9-10-8-14-12(13)19-10;/h8H,2-7,9H2,1H3,(H2,13,14);1H. The molecule has 2 N–H and O–H groups in total. The van der Waals surface area contributed by atoms with Crippen LogP contribution in [0.4, 0.5) is 5.13 Å². The van der Waals surface area contributed by atoms with Crippen molar-refractivity contribution in [2.75, 3.05) is 45.6 Å². The first kappa shape index (κ1) is 17.2. The Morgan fingerprint density at radius 1 is 1.45 bits per heavy atom. The van der Waals surface area contributed by atoms with Gasteiger partial charge in [-0.2, -0.15) is 0 Å². The molecule has 8 heteroatoms. The second-order valence-corrected chi connectivity index (χ2v) is 5.71. The molecule has 2 rings (SSSR count). The summed E-state index contributed by atoms with van der Waals surface area (Å²) in [5, 5.41) is 0.614. The number of amides is 1. The van der Waals surface area contributed by atoms with E-state index in [1.165, 1.54) is 16.2 Å². The second kappa shape index (κ2) is 8.41. The Balaban J connectivity index is 0.00000200. The molecule has 114 valence electrons. The molecule has 1 amide bonds. The second-order valence-electron chi connectivity index (χ2n) is 4.56. The van der Waals surface area contributed by atoms with Crippen LogP contribution in [0.2, 0.25) is 0 Å². The predicted molar refractivity (Wildman–Crippen MR) is 82.1 cm³/mol. The highest BCUT2D eigenvalue weighted by Gasteiger charge is 2.21. The number of thiazole rings is 1. The van der Waals surface area contributed by atoms with Crippen molar-refractivity contribution >= 4 is 34.8 Å². The topological polar surface area (TPSA) is 71.7 Å². The lowest BCUT2D eigenvalue weighted by molar-refractivity contribution is -0.133. The SMILES string of the molecule is COCCC(=O)N1CCN(Cc2cnc(N)s2)CC1.Cl. The van der Waals surface area contributed by atoms with Crippen molar-refractivity contribution in [2.24, 2.45) is 0 Å². The van der Waals surface area contributed by atoms with Crippen LogP contribution in [0.5, 0.6) is 0 Å². The van der Waals surface area contributed by atoms with Crippen molar-refractivity contribution < 1.29 is 9.53 Å². The molecule has 1 saturated heterocycles. The van der Waals surface area contributed by atoms with Gasteiger partial charge in [0.2, 0.25) is 5.91 Å². The summed E-state index contributed by atoms with van der Waals surface area (Å²) in [5.41, 5.74) is 5.62. The number of piperazine rings is 1. The van der Waals surface area contributed by atoms with Crippen LogP contribution in [-0.4, -0.2) is 60.6 Å². The molecule has 0 saturated carbocycles. The Morgan fingerprint density at radius 2 is 2.15 bits per heavy atom. The molecule has 1 aromatic rings. The van der Waals surface area contributed by atoms with Gasteiger partial charge in [0.25, 0.3) is 0 Å². The number of carbonyl (C=O) groups excluding carboxylic acids is 1. The average Bonchev–Trinajstić information content (AvgIpc) is 2.82. The number of nitrogen functional groups attached to an aromatic ring is 1. The van der Waals surface area contributed by atoms with E-state index < -0.39 is 0 Å². The lowest BCUT2D eigenvalue weighted by Gasteiger charge is -2.34. The van der Waals surface area contributed by atoms with Gasteiger partial charge < -0.3 is 15.4 Å². The number of nitrogens with two attached hydrogens (primary N) is 1. The minimum Gasteiger partial charge on any atom is -0.384 e. The summed E-state index contributed by atoms with van der Waals surface area (Å²) in [4.78, 5) is 21.3. The Morgan fingerprint density at radius 3 is 2.70 bits per heavy atom. The first-order valence-corrected chi connectivity index (χ1v) is 7.20. The van der Waals surface area contributed by atoms with Crippen LogP contribution in [0.1, 0.15) is 11.3 Å². The Labute approximate surface area is 129 Å². The zero-order valence-electron chi connectivity index (χ0n) is 11.6. The van der Waals surface area contributed by atoms with Gasteiger partial charge in [0.15, 0.2) is 5.13 Å². The number of nitrogens with zero attached hydrogens (tertiary/aromatic N) is 3. The van der Waals surface area contributed by atoms with Gasteiger partial charge in [-0.25, -0.2) is 4.98 Å². The summed E-state index contributed by atoms with van der Waals surface area (Å²) in [6, 6.07) is 0. The van der Waals surface area contributed by atoms with Crippen LogP contribution >= 0.6 is 23.7 Å². The number of methoxy groups -OCH3 is 1. The average molecular weight is 321 g/mol. The van der Waals surface area contributed by atoms with Crippen LogP contribution < -0.4 is 5.73 Å². The number of aromatic nitrogens is 1. The molecular weight excluding hydrogens is 300 g/mol. The van der Waals surface area contributed by atoms with E-state index in [9.17, 15) is 4.79 Å². The van der Waals surface area contributed by atoms with Crippen LogP contribution in [0.3, 0.4) is 0 Å². The number of hydrogen-bond acceptors (Lipinski definition) is 6. The quantitative estimate of drug-likeness (QED) is 0.870. The van der Waals surface area contributed by atoms with Gasteiger partial charge >= 0.3 is 0 Å².